The third kappa shape index (κ3) is 4.10. The minimum absolute atomic E-state index is 0.0837. The highest BCUT2D eigenvalue weighted by molar-refractivity contribution is 14.1. The first-order chi connectivity index (χ1) is 7.91. The van der Waals surface area contributed by atoms with Crippen LogP contribution in [0, 0.1) is 25.4 Å². The summed E-state index contributed by atoms with van der Waals surface area (Å²) in [5.41, 5.74) is 0.160. The number of hydrogen-bond donors (Lipinski definition) is 1. The molecule has 0 amide bonds. The number of nitro groups is 1. The zero-order valence-electron chi connectivity index (χ0n) is 9.67. The van der Waals surface area contributed by atoms with E-state index in [9.17, 15) is 14.5 Å². The Hall–Kier alpha value is -0.920. The van der Waals surface area contributed by atoms with Gasteiger partial charge in [-0.2, -0.15) is 0 Å². The van der Waals surface area contributed by atoms with E-state index in [0.717, 1.165) is 6.42 Å². The van der Waals surface area contributed by atoms with Crippen molar-refractivity contribution in [3.05, 3.63) is 31.6 Å². The van der Waals surface area contributed by atoms with E-state index >= 15 is 0 Å². The molecule has 1 aromatic carbocycles. The van der Waals surface area contributed by atoms with E-state index in [1.807, 2.05) is 0 Å². The molecule has 4 nitrogen and oxygen atoms in total. The number of nitrogens with zero attached hydrogens (tertiary/aromatic N) is 1. The Morgan fingerprint density at radius 2 is 2.18 bits per heavy atom. The summed E-state index contributed by atoms with van der Waals surface area (Å²) >= 11 is 1.74. The molecule has 0 saturated heterocycles. The molecular weight excluding hydrogens is 338 g/mol. The van der Waals surface area contributed by atoms with Gasteiger partial charge in [-0.3, -0.25) is 10.1 Å². The monoisotopic (exact) mass is 352 g/mol. The van der Waals surface area contributed by atoms with Crippen molar-refractivity contribution in [2.75, 3.05) is 11.9 Å². The molecule has 0 aliphatic carbocycles. The quantitative estimate of drug-likeness (QED) is 0.498. The Bertz CT molecular complexity index is 424. The number of anilines is 1. The predicted molar refractivity (Wildman–Crippen MR) is 73.7 cm³/mol. The topological polar surface area (TPSA) is 55.2 Å². The number of nitro benzene ring substituents is 1. The summed E-state index contributed by atoms with van der Waals surface area (Å²) in [5, 5.41) is 13.7. The number of benzene rings is 1. The summed E-state index contributed by atoms with van der Waals surface area (Å²) in [6.07, 6.45) is 0.880. The van der Waals surface area contributed by atoms with Crippen LogP contribution in [-0.4, -0.2) is 11.5 Å². The lowest BCUT2D eigenvalue weighted by molar-refractivity contribution is -0.384. The summed E-state index contributed by atoms with van der Waals surface area (Å²) in [5.74, 6) is 0.0542. The molecule has 6 heteroatoms. The van der Waals surface area contributed by atoms with Crippen molar-refractivity contribution >= 4 is 34.0 Å². The molecule has 0 saturated carbocycles. The summed E-state index contributed by atoms with van der Waals surface area (Å²) in [6.45, 7) is 4.72. The van der Waals surface area contributed by atoms with E-state index in [2.05, 4.69) is 19.2 Å². The van der Waals surface area contributed by atoms with Gasteiger partial charge in [0.1, 0.15) is 11.5 Å². The van der Waals surface area contributed by atoms with Gasteiger partial charge in [0.05, 0.1) is 8.49 Å². The van der Waals surface area contributed by atoms with Crippen LogP contribution in [0.1, 0.15) is 20.3 Å². The molecule has 0 heterocycles. The fourth-order valence-corrected chi connectivity index (χ4v) is 1.78. The van der Waals surface area contributed by atoms with Gasteiger partial charge in [0.15, 0.2) is 0 Å². The normalized spacial score (nSPS) is 10.6. The van der Waals surface area contributed by atoms with E-state index in [0.29, 0.717) is 12.5 Å². The van der Waals surface area contributed by atoms with Crippen LogP contribution in [0.25, 0.3) is 0 Å². The lowest BCUT2D eigenvalue weighted by atomic mass is 10.1. The molecule has 1 N–H and O–H groups in total. The maximum Gasteiger partial charge on any atom is 0.293 e. The fourth-order valence-electron chi connectivity index (χ4n) is 1.32. The number of halogens is 2. The number of hydrogen-bond acceptors (Lipinski definition) is 3. The van der Waals surface area contributed by atoms with Gasteiger partial charge in [0.25, 0.3) is 5.69 Å². The maximum absolute atomic E-state index is 13.3. The molecule has 1 aromatic rings. The van der Waals surface area contributed by atoms with Crippen LogP contribution < -0.4 is 5.32 Å². The molecule has 0 atom stereocenters. The third-order valence-electron chi connectivity index (χ3n) is 2.27. The van der Waals surface area contributed by atoms with Crippen molar-refractivity contribution in [3.8, 4) is 0 Å². The van der Waals surface area contributed by atoms with Crippen molar-refractivity contribution in [1.82, 2.24) is 0 Å². The van der Waals surface area contributed by atoms with Gasteiger partial charge in [-0.05, 0) is 34.9 Å². The summed E-state index contributed by atoms with van der Waals surface area (Å²) in [4.78, 5) is 10.3. The fraction of sp³-hybridized carbons (Fsp3) is 0.455. The molecule has 0 aliphatic heterocycles. The largest absolute Gasteiger partial charge is 0.379 e. The summed E-state index contributed by atoms with van der Waals surface area (Å²) in [7, 11) is 0. The first-order valence-corrected chi connectivity index (χ1v) is 6.37. The highest BCUT2D eigenvalue weighted by Gasteiger charge is 2.17. The molecule has 94 valence electrons. The molecule has 0 aromatic heterocycles. The van der Waals surface area contributed by atoms with Gasteiger partial charge >= 0.3 is 0 Å². The van der Waals surface area contributed by atoms with Gasteiger partial charge in [-0.25, -0.2) is 4.39 Å². The Labute approximate surface area is 113 Å². The average molecular weight is 352 g/mol. The van der Waals surface area contributed by atoms with Crippen molar-refractivity contribution in [1.29, 1.82) is 0 Å². The molecule has 0 spiro atoms. The van der Waals surface area contributed by atoms with Crippen molar-refractivity contribution in [2.45, 2.75) is 20.3 Å². The lowest BCUT2D eigenvalue weighted by Crippen LogP contribution is -2.07. The van der Waals surface area contributed by atoms with Gasteiger partial charge in [-0.15, -0.1) is 0 Å². The molecule has 1 rings (SSSR count). The second-order valence-corrected chi connectivity index (χ2v) is 5.31. The van der Waals surface area contributed by atoms with Crippen molar-refractivity contribution < 1.29 is 9.31 Å². The SMILES string of the molecule is CC(C)CCNc1cc(F)c(I)cc1[N+](=O)[O-]. The van der Waals surface area contributed by atoms with Crippen LogP contribution in [-0.2, 0) is 0 Å². The molecule has 0 bridgehead atoms. The average Bonchev–Trinajstić information content (AvgIpc) is 2.22. The minimum Gasteiger partial charge on any atom is -0.379 e. The Balaban J connectivity index is 2.89. The van der Waals surface area contributed by atoms with Crippen LogP contribution in [0.4, 0.5) is 15.8 Å². The highest BCUT2D eigenvalue weighted by Crippen LogP contribution is 2.28. The van der Waals surface area contributed by atoms with E-state index in [1.165, 1.54) is 12.1 Å². The minimum atomic E-state index is -0.501. The van der Waals surface area contributed by atoms with Gasteiger partial charge in [0, 0.05) is 18.7 Å². The van der Waals surface area contributed by atoms with Gasteiger partial charge in [-0.1, -0.05) is 13.8 Å². The van der Waals surface area contributed by atoms with Crippen LogP contribution in [0.3, 0.4) is 0 Å². The zero-order chi connectivity index (χ0) is 13.0. The molecule has 0 fully saturated rings. The van der Waals surface area contributed by atoms with Crippen molar-refractivity contribution in [2.24, 2.45) is 5.92 Å². The van der Waals surface area contributed by atoms with Gasteiger partial charge in [0.2, 0.25) is 0 Å². The zero-order valence-corrected chi connectivity index (χ0v) is 11.8. The Kier molecular flexibility index (Phi) is 5.10. The van der Waals surface area contributed by atoms with E-state index in [4.69, 9.17) is 0 Å². The standard InChI is InChI=1S/C11H14FIN2O2/c1-7(2)3-4-14-10-5-8(12)9(13)6-11(10)15(16)17/h5-7,14H,3-4H2,1-2H3. The van der Waals surface area contributed by atoms with Crippen LogP contribution in [0.2, 0.25) is 0 Å². The lowest BCUT2D eigenvalue weighted by Gasteiger charge is -2.09. The van der Waals surface area contributed by atoms with Crippen LogP contribution in [0.5, 0.6) is 0 Å². The highest BCUT2D eigenvalue weighted by atomic mass is 127. The molecule has 0 aliphatic rings. The van der Waals surface area contributed by atoms with E-state index in [-0.39, 0.29) is 14.9 Å². The smallest absolute Gasteiger partial charge is 0.293 e. The predicted octanol–water partition coefficient (Wildman–Crippen LogP) is 3.80. The van der Waals surface area contributed by atoms with Gasteiger partial charge < -0.3 is 5.32 Å². The summed E-state index contributed by atoms with van der Waals surface area (Å²) in [6, 6.07) is 2.42. The second kappa shape index (κ2) is 6.13. The third-order valence-corrected chi connectivity index (χ3v) is 3.10. The number of nitrogens with one attached hydrogen (secondary N) is 1. The van der Waals surface area contributed by atoms with Crippen LogP contribution in [0.15, 0.2) is 12.1 Å². The molecule has 0 radical (unpaired) electrons. The first kappa shape index (κ1) is 14.1. The van der Waals surface area contributed by atoms with Crippen LogP contribution >= 0.6 is 22.6 Å². The molecular formula is C11H14FIN2O2. The van der Waals surface area contributed by atoms with E-state index in [1.54, 1.807) is 22.6 Å². The Morgan fingerprint density at radius 1 is 1.53 bits per heavy atom. The summed E-state index contributed by atoms with van der Waals surface area (Å²) < 4.78 is 13.6. The Morgan fingerprint density at radius 3 is 2.71 bits per heavy atom. The van der Waals surface area contributed by atoms with Crippen molar-refractivity contribution in [3.63, 3.8) is 0 Å². The first-order valence-electron chi connectivity index (χ1n) is 5.29. The maximum atomic E-state index is 13.3. The molecule has 17 heavy (non-hydrogen) atoms. The van der Waals surface area contributed by atoms with E-state index < -0.39 is 10.7 Å². The second-order valence-electron chi connectivity index (χ2n) is 4.15. The molecule has 0 unspecified atom stereocenters. The number of rotatable bonds is 5.